The van der Waals surface area contributed by atoms with Gasteiger partial charge in [-0.1, -0.05) is 15.9 Å². The molecule has 0 fully saturated rings. The van der Waals surface area contributed by atoms with Crippen LogP contribution in [0.1, 0.15) is 0 Å². The second-order valence-corrected chi connectivity index (χ2v) is 4.50. The van der Waals surface area contributed by atoms with Crippen LogP contribution in [0.4, 0.5) is 10.5 Å². The Morgan fingerprint density at radius 3 is 1.95 bits per heavy atom. The third-order valence-electron chi connectivity index (χ3n) is 2.03. The van der Waals surface area contributed by atoms with Crippen molar-refractivity contribution in [2.75, 3.05) is 18.4 Å². The minimum absolute atomic E-state index is 0.439. The van der Waals surface area contributed by atoms with Gasteiger partial charge in [0.05, 0.1) is 0 Å². The number of nitrogens with zero attached hydrogens (tertiary/aromatic N) is 1. The summed E-state index contributed by atoms with van der Waals surface area (Å²) in [6.45, 7) is -1.37. The number of carboxylic acid groups (broad SMARTS) is 2. The Morgan fingerprint density at radius 2 is 1.53 bits per heavy atom. The van der Waals surface area contributed by atoms with Crippen molar-refractivity contribution in [3.8, 4) is 0 Å². The quantitative estimate of drug-likeness (QED) is 0.757. The van der Waals surface area contributed by atoms with Gasteiger partial charge in [0.1, 0.15) is 13.1 Å². The van der Waals surface area contributed by atoms with Gasteiger partial charge in [-0.3, -0.25) is 9.59 Å². The van der Waals surface area contributed by atoms with Crippen LogP contribution in [0.15, 0.2) is 28.7 Å². The third-order valence-corrected chi connectivity index (χ3v) is 2.56. The van der Waals surface area contributed by atoms with Crippen molar-refractivity contribution in [1.29, 1.82) is 0 Å². The first kappa shape index (κ1) is 15.0. The van der Waals surface area contributed by atoms with Crippen molar-refractivity contribution in [3.63, 3.8) is 0 Å². The minimum atomic E-state index is -1.28. The summed E-state index contributed by atoms with van der Waals surface area (Å²) in [6, 6.07) is 5.79. The second kappa shape index (κ2) is 6.74. The highest BCUT2D eigenvalue weighted by Gasteiger charge is 2.19. The predicted octanol–water partition coefficient (Wildman–Crippen LogP) is 1.45. The first-order chi connectivity index (χ1) is 8.88. The molecule has 0 saturated carbocycles. The SMILES string of the molecule is O=C(O)CN(CC(=O)O)C(=O)Nc1ccc(Br)cc1. The summed E-state index contributed by atoms with van der Waals surface area (Å²) in [5.74, 6) is -2.57. The van der Waals surface area contributed by atoms with Gasteiger partial charge in [-0.05, 0) is 24.3 Å². The number of urea groups is 1. The zero-order valence-electron chi connectivity index (χ0n) is 9.67. The van der Waals surface area contributed by atoms with Crippen molar-refractivity contribution in [2.45, 2.75) is 0 Å². The fourth-order valence-corrected chi connectivity index (χ4v) is 1.53. The maximum absolute atomic E-state index is 11.7. The molecule has 1 aromatic rings. The molecule has 0 saturated heterocycles. The lowest BCUT2D eigenvalue weighted by Crippen LogP contribution is -2.41. The molecule has 0 aliphatic carbocycles. The maximum Gasteiger partial charge on any atom is 0.323 e. The summed E-state index contributed by atoms with van der Waals surface area (Å²) in [6.07, 6.45) is 0. The number of carbonyl (C=O) groups excluding carboxylic acids is 1. The molecule has 102 valence electrons. The van der Waals surface area contributed by atoms with Crippen LogP contribution in [0.2, 0.25) is 0 Å². The topological polar surface area (TPSA) is 107 Å². The molecule has 0 spiro atoms. The Balaban J connectivity index is 2.73. The number of carboxylic acids is 2. The second-order valence-electron chi connectivity index (χ2n) is 3.58. The van der Waals surface area contributed by atoms with Crippen molar-refractivity contribution < 1.29 is 24.6 Å². The first-order valence-corrected chi connectivity index (χ1v) is 5.93. The summed E-state index contributed by atoms with van der Waals surface area (Å²) >= 11 is 3.23. The van der Waals surface area contributed by atoms with Gasteiger partial charge < -0.3 is 20.4 Å². The molecule has 1 rings (SSSR count). The number of amides is 2. The molecule has 2 amide bonds. The van der Waals surface area contributed by atoms with Crippen LogP contribution >= 0.6 is 15.9 Å². The predicted molar refractivity (Wildman–Crippen MR) is 70.0 cm³/mol. The van der Waals surface area contributed by atoms with Gasteiger partial charge in [-0.2, -0.15) is 0 Å². The summed E-state index contributed by atoms with van der Waals surface area (Å²) in [4.78, 5) is 33.6. The van der Waals surface area contributed by atoms with Crippen LogP contribution in [-0.4, -0.2) is 46.2 Å². The standard InChI is InChI=1S/C11H11BrN2O5/c12-7-1-3-8(4-2-7)13-11(19)14(5-9(15)16)6-10(17)18/h1-4H,5-6H2,(H,13,19)(H,15,16)(H,17,18). The summed E-state index contributed by atoms with van der Waals surface area (Å²) in [7, 11) is 0. The van der Waals surface area contributed by atoms with E-state index in [4.69, 9.17) is 10.2 Å². The van der Waals surface area contributed by atoms with Crippen LogP contribution in [-0.2, 0) is 9.59 Å². The van der Waals surface area contributed by atoms with E-state index in [-0.39, 0.29) is 0 Å². The summed E-state index contributed by atoms with van der Waals surface area (Å²) in [5.41, 5.74) is 0.439. The van der Waals surface area contributed by atoms with E-state index in [1.165, 1.54) is 0 Å². The third kappa shape index (κ3) is 5.38. The van der Waals surface area contributed by atoms with E-state index in [9.17, 15) is 14.4 Å². The highest BCUT2D eigenvalue weighted by molar-refractivity contribution is 9.10. The molecule has 8 heteroatoms. The van der Waals surface area contributed by atoms with Gasteiger partial charge in [-0.15, -0.1) is 0 Å². The van der Waals surface area contributed by atoms with Crippen LogP contribution in [0.25, 0.3) is 0 Å². The Hall–Kier alpha value is -2.09. The highest BCUT2D eigenvalue weighted by atomic mass is 79.9. The normalized spacial score (nSPS) is 9.74. The molecule has 19 heavy (non-hydrogen) atoms. The minimum Gasteiger partial charge on any atom is -0.480 e. The van der Waals surface area contributed by atoms with E-state index in [1.54, 1.807) is 24.3 Å². The molecular formula is C11H11BrN2O5. The van der Waals surface area contributed by atoms with E-state index in [0.717, 1.165) is 4.47 Å². The van der Waals surface area contributed by atoms with Crippen LogP contribution in [0.3, 0.4) is 0 Å². The van der Waals surface area contributed by atoms with Crippen LogP contribution in [0, 0.1) is 0 Å². The number of carbonyl (C=O) groups is 3. The summed E-state index contributed by atoms with van der Waals surface area (Å²) < 4.78 is 0.818. The monoisotopic (exact) mass is 330 g/mol. The maximum atomic E-state index is 11.7. The van der Waals surface area contributed by atoms with Gasteiger partial charge >= 0.3 is 18.0 Å². The lowest BCUT2D eigenvalue weighted by Gasteiger charge is -2.19. The number of nitrogens with one attached hydrogen (secondary N) is 1. The number of benzene rings is 1. The zero-order valence-corrected chi connectivity index (χ0v) is 11.3. The van der Waals surface area contributed by atoms with Crippen LogP contribution < -0.4 is 5.32 Å². The van der Waals surface area contributed by atoms with Gasteiger partial charge in [0, 0.05) is 10.2 Å². The Bertz CT molecular complexity index is 472. The molecule has 0 radical (unpaired) electrons. The number of hydrogen-bond acceptors (Lipinski definition) is 3. The lowest BCUT2D eigenvalue weighted by molar-refractivity contribution is -0.140. The summed E-state index contributed by atoms with van der Waals surface area (Å²) in [5, 5.41) is 19.7. The molecular weight excluding hydrogens is 320 g/mol. The van der Waals surface area contributed by atoms with Gasteiger partial charge in [0.25, 0.3) is 0 Å². The Labute approximate surface area is 117 Å². The molecule has 0 unspecified atom stereocenters. The van der Waals surface area contributed by atoms with E-state index in [1.807, 2.05) is 0 Å². The number of halogens is 1. The van der Waals surface area contributed by atoms with E-state index >= 15 is 0 Å². The Kier molecular flexibility index (Phi) is 5.31. The molecule has 7 nitrogen and oxygen atoms in total. The molecule has 1 aromatic carbocycles. The van der Waals surface area contributed by atoms with Crippen molar-refractivity contribution >= 4 is 39.6 Å². The van der Waals surface area contributed by atoms with E-state index in [2.05, 4.69) is 21.2 Å². The van der Waals surface area contributed by atoms with Gasteiger partial charge in [0.15, 0.2) is 0 Å². The molecule has 0 aliphatic heterocycles. The van der Waals surface area contributed by atoms with Crippen molar-refractivity contribution in [3.05, 3.63) is 28.7 Å². The van der Waals surface area contributed by atoms with E-state index in [0.29, 0.717) is 10.6 Å². The van der Waals surface area contributed by atoms with Crippen molar-refractivity contribution in [1.82, 2.24) is 4.90 Å². The Morgan fingerprint density at radius 1 is 1.05 bits per heavy atom. The van der Waals surface area contributed by atoms with Crippen LogP contribution in [0.5, 0.6) is 0 Å². The number of hydrogen-bond donors (Lipinski definition) is 3. The molecule has 3 N–H and O–H groups in total. The van der Waals surface area contributed by atoms with Gasteiger partial charge in [-0.25, -0.2) is 4.79 Å². The fourth-order valence-electron chi connectivity index (χ4n) is 1.26. The smallest absolute Gasteiger partial charge is 0.323 e. The average Bonchev–Trinajstić information content (AvgIpc) is 2.30. The fraction of sp³-hybridized carbons (Fsp3) is 0.182. The van der Waals surface area contributed by atoms with Crippen molar-refractivity contribution in [2.24, 2.45) is 0 Å². The number of anilines is 1. The first-order valence-electron chi connectivity index (χ1n) is 5.13. The zero-order chi connectivity index (χ0) is 14.4. The molecule has 0 atom stereocenters. The number of aliphatic carboxylic acids is 2. The highest BCUT2D eigenvalue weighted by Crippen LogP contribution is 2.14. The largest absolute Gasteiger partial charge is 0.480 e. The molecule has 0 aromatic heterocycles. The van der Waals surface area contributed by atoms with E-state index < -0.39 is 31.1 Å². The molecule has 0 aliphatic rings. The number of rotatable bonds is 5. The average molecular weight is 331 g/mol. The lowest BCUT2D eigenvalue weighted by atomic mass is 10.3. The van der Waals surface area contributed by atoms with Gasteiger partial charge in [0.2, 0.25) is 0 Å². The molecule has 0 bridgehead atoms. The molecule has 0 heterocycles.